The Kier molecular flexibility index (Phi) is 4.45. The molecule has 0 aromatic rings. The molecule has 1 fully saturated rings. The average Bonchev–Trinajstić information content (AvgIpc) is 2.18. The van der Waals surface area contributed by atoms with Crippen LogP contribution in [0.1, 0.15) is 13.8 Å². The molecule has 6 nitrogen and oxygen atoms in total. The Labute approximate surface area is 88.6 Å². The second kappa shape index (κ2) is 5.20. The lowest BCUT2D eigenvalue weighted by Crippen LogP contribution is -2.57. The Morgan fingerprint density at radius 1 is 1.27 bits per heavy atom. The van der Waals surface area contributed by atoms with E-state index in [1.807, 2.05) is 0 Å². The highest BCUT2D eigenvalue weighted by Crippen LogP contribution is 2.21. The fourth-order valence-corrected chi connectivity index (χ4v) is 1.40. The van der Waals surface area contributed by atoms with Crippen LogP contribution >= 0.6 is 0 Å². The van der Waals surface area contributed by atoms with Crippen molar-refractivity contribution in [3.05, 3.63) is 0 Å². The van der Waals surface area contributed by atoms with E-state index in [1.165, 1.54) is 0 Å². The van der Waals surface area contributed by atoms with Gasteiger partial charge >= 0.3 is 0 Å². The van der Waals surface area contributed by atoms with Crippen molar-refractivity contribution in [2.24, 2.45) is 5.73 Å². The lowest BCUT2D eigenvalue weighted by atomic mass is 10.0. The first-order chi connectivity index (χ1) is 6.93. The highest BCUT2D eigenvalue weighted by atomic mass is 16.7. The lowest BCUT2D eigenvalue weighted by Gasteiger charge is -2.39. The summed E-state index contributed by atoms with van der Waals surface area (Å²) < 4.78 is 10.4. The minimum Gasteiger partial charge on any atom is -0.388 e. The third-order valence-electron chi connectivity index (χ3n) is 2.33. The summed E-state index contributed by atoms with van der Waals surface area (Å²) in [5, 5.41) is 28.4. The van der Waals surface area contributed by atoms with Gasteiger partial charge in [-0.25, -0.2) is 0 Å². The van der Waals surface area contributed by atoms with E-state index in [0.717, 1.165) is 0 Å². The number of rotatable bonds is 3. The van der Waals surface area contributed by atoms with Gasteiger partial charge in [0.05, 0.1) is 12.7 Å². The molecule has 1 aliphatic rings. The van der Waals surface area contributed by atoms with Gasteiger partial charge in [0.25, 0.3) is 0 Å². The Hall–Kier alpha value is -0.240. The molecule has 90 valence electrons. The third kappa shape index (κ3) is 3.10. The Balaban J connectivity index is 2.51. The second-order valence-corrected chi connectivity index (χ2v) is 3.99. The highest BCUT2D eigenvalue weighted by molar-refractivity contribution is 4.87. The number of nitrogens with two attached hydrogens (primary N) is 1. The highest BCUT2D eigenvalue weighted by Gasteiger charge is 2.42. The molecule has 6 atom stereocenters. The molecular weight excluding hydrogens is 202 g/mol. The normalized spacial score (nSPS) is 44.0. The standard InChI is InChI=1S/C9H19NO5/c1-4(10)3-14-9-8(13)7(12)6(11)5(2)15-9/h4-9,11-13H,3,10H2,1-2H3/t4?,5-,6+,7+,8-,9+/m1/s1. The molecule has 0 aromatic carbocycles. The summed E-state index contributed by atoms with van der Waals surface area (Å²) in [6, 6.07) is -0.180. The summed E-state index contributed by atoms with van der Waals surface area (Å²) in [4.78, 5) is 0. The van der Waals surface area contributed by atoms with E-state index in [0.29, 0.717) is 0 Å². The number of hydrogen-bond acceptors (Lipinski definition) is 6. The number of aliphatic hydroxyl groups excluding tert-OH is 3. The van der Waals surface area contributed by atoms with Crippen LogP contribution in [0.25, 0.3) is 0 Å². The minimum atomic E-state index is -1.26. The minimum absolute atomic E-state index is 0.180. The van der Waals surface area contributed by atoms with Crippen LogP contribution < -0.4 is 5.73 Å². The molecule has 15 heavy (non-hydrogen) atoms. The van der Waals surface area contributed by atoms with Crippen molar-refractivity contribution in [2.75, 3.05) is 6.61 Å². The average molecular weight is 221 g/mol. The predicted molar refractivity (Wildman–Crippen MR) is 52.0 cm³/mol. The molecule has 0 spiro atoms. The molecule has 0 amide bonds. The van der Waals surface area contributed by atoms with Crippen LogP contribution in [0.2, 0.25) is 0 Å². The van der Waals surface area contributed by atoms with Crippen molar-refractivity contribution < 1.29 is 24.8 Å². The molecular formula is C9H19NO5. The number of aliphatic hydroxyl groups is 3. The first-order valence-electron chi connectivity index (χ1n) is 5.00. The van der Waals surface area contributed by atoms with Crippen molar-refractivity contribution >= 4 is 0 Å². The van der Waals surface area contributed by atoms with Gasteiger partial charge in [0.1, 0.15) is 18.3 Å². The molecule has 5 N–H and O–H groups in total. The second-order valence-electron chi connectivity index (χ2n) is 3.99. The summed E-state index contributed by atoms with van der Waals surface area (Å²) in [5.74, 6) is 0. The molecule has 0 radical (unpaired) electrons. The van der Waals surface area contributed by atoms with Gasteiger partial charge in [0.15, 0.2) is 6.29 Å². The van der Waals surface area contributed by atoms with Crippen LogP contribution in [0.15, 0.2) is 0 Å². The van der Waals surface area contributed by atoms with E-state index < -0.39 is 30.7 Å². The van der Waals surface area contributed by atoms with E-state index >= 15 is 0 Å². The maximum atomic E-state index is 9.54. The largest absolute Gasteiger partial charge is 0.388 e. The molecule has 0 aromatic heterocycles. The van der Waals surface area contributed by atoms with Crippen LogP contribution in [0.4, 0.5) is 0 Å². The lowest BCUT2D eigenvalue weighted by molar-refractivity contribution is -0.293. The first-order valence-corrected chi connectivity index (χ1v) is 5.00. The van der Waals surface area contributed by atoms with Crippen LogP contribution in [0.3, 0.4) is 0 Å². The molecule has 1 aliphatic heterocycles. The van der Waals surface area contributed by atoms with Crippen LogP contribution in [0, 0.1) is 0 Å². The Bertz CT molecular complexity index is 201. The molecule has 1 saturated heterocycles. The van der Waals surface area contributed by atoms with Gasteiger partial charge in [-0.15, -0.1) is 0 Å². The van der Waals surface area contributed by atoms with E-state index in [9.17, 15) is 15.3 Å². The van der Waals surface area contributed by atoms with Crippen molar-refractivity contribution in [3.8, 4) is 0 Å². The Morgan fingerprint density at radius 2 is 1.87 bits per heavy atom. The van der Waals surface area contributed by atoms with Crippen molar-refractivity contribution in [3.63, 3.8) is 0 Å². The molecule has 1 unspecified atom stereocenters. The van der Waals surface area contributed by atoms with E-state index in [1.54, 1.807) is 13.8 Å². The zero-order valence-corrected chi connectivity index (χ0v) is 8.91. The smallest absolute Gasteiger partial charge is 0.186 e. The van der Waals surface area contributed by atoms with Gasteiger partial charge in [-0.3, -0.25) is 0 Å². The van der Waals surface area contributed by atoms with Crippen LogP contribution in [-0.4, -0.2) is 58.7 Å². The first kappa shape index (κ1) is 12.8. The van der Waals surface area contributed by atoms with Gasteiger partial charge in [0, 0.05) is 6.04 Å². The Morgan fingerprint density at radius 3 is 2.40 bits per heavy atom. The van der Waals surface area contributed by atoms with Crippen molar-refractivity contribution in [1.82, 2.24) is 0 Å². The van der Waals surface area contributed by atoms with Gasteiger partial charge in [0.2, 0.25) is 0 Å². The summed E-state index contributed by atoms with van der Waals surface area (Å²) >= 11 is 0. The third-order valence-corrected chi connectivity index (χ3v) is 2.33. The summed E-state index contributed by atoms with van der Waals surface area (Å²) in [7, 11) is 0. The molecule has 6 heteroatoms. The topological polar surface area (TPSA) is 105 Å². The van der Waals surface area contributed by atoms with Gasteiger partial charge < -0.3 is 30.5 Å². The molecule has 0 bridgehead atoms. The van der Waals surface area contributed by atoms with E-state index in [-0.39, 0.29) is 12.6 Å². The van der Waals surface area contributed by atoms with E-state index in [2.05, 4.69) is 0 Å². The fourth-order valence-electron chi connectivity index (χ4n) is 1.40. The SMILES string of the molecule is CC(N)CO[C@H]1O[C@H](C)[C@H](O)[C@H](O)[C@H]1O. The van der Waals surface area contributed by atoms with Gasteiger partial charge in [-0.05, 0) is 13.8 Å². The van der Waals surface area contributed by atoms with Gasteiger partial charge in [-0.2, -0.15) is 0 Å². The molecule has 0 aliphatic carbocycles. The summed E-state index contributed by atoms with van der Waals surface area (Å²) in [6.07, 6.45) is -5.14. The summed E-state index contributed by atoms with van der Waals surface area (Å²) in [6.45, 7) is 3.57. The van der Waals surface area contributed by atoms with E-state index in [4.69, 9.17) is 15.2 Å². The molecule has 1 rings (SSSR count). The fraction of sp³-hybridized carbons (Fsp3) is 1.00. The van der Waals surface area contributed by atoms with Crippen LogP contribution in [0.5, 0.6) is 0 Å². The number of ether oxygens (including phenoxy) is 2. The maximum Gasteiger partial charge on any atom is 0.186 e. The van der Waals surface area contributed by atoms with Crippen LogP contribution in [-0.2, 0) is 9.47 Å². The number of hydrogen-bond donors (Lipinski definition) is 4. The quantitative estimate of drug-likeness (QED) is 0.447. The molecule has 1 heterocycles. The zero-order valence-electron chi connectivity index (χ0n) is 8.91. The maximum absolute atomic E-state index is 9.54. The predicted octanol–water partition coefficient (Wildman–Crippen LogP) is -1.82. The summed E-state index contributed by atoms with van der Waals surface area (Å²) in [5.41, 5.74) is 5.48. The molecule has 0 saturated carbocycles. The van der Waals surface area contributed by atoms with Crippen molar-refractivity contribution in [2.45, 2.75) is 50.6 Å². The zero-order chi connectivity index (χ0) is 11.6. The van der Waals surface area contributed by atoms with Crippen molar-refractivity contribution in [1.29, 1.82) is 0 Å². The monoisotopic (exact) mass is 221 g/mol. The van der Waals surface area contributed by atoms with Gasteiger partial charge in [-0.1, -0.05) is 0 Å².